The van der Waals surface area contributed by atoms with Gasteiger partial charge in [0.05, 0.1) is 5.70 Å². The number of ether oxygens (including phenoxy) is 1. The molecule has 4 heteroatoms. The van der Waals surface area contributed by atoms with E-state index in [1.165, 1.54) is 4.90 Å². The molecule has 0 N–H and O–H groups in total. The fraction of sp³-hybridized carbons (Fsp3) is 0.692. The first kappa shape index (κ1) is 13.7. The van der Waals surface area contributed by atoms with E-state index in [4.69, 9.17) is 4.74 Å². The molecular weight excluding hydrogens is 218 g/mol. The lowest BCUT2D eigenvalue weighted by Gasteiger charge is -2.24. The monoisotopic (exact) mass is 239 g/mol. The zero-order chi connectivity index (χ0) is 13.2. The van der Waals surface area contributed by atoms with Crippen molar-refractivity contribution in [2.45, 2.75) is 46.6 Å². The van der Waals surface area contributed by atoms with E-state index in [2.05, 4.69) is 0 Å². The SMILES string of the molecule is CC(C)C1=C(C=O)N(C(=O)OC(C)(C)C)CC1. The highest BCUT2D eigenvalue weighted by Crippen LogP contribution is 2.28. The minimum absolute atomic E-state index is 0.280. The van der Waals surface area contributed by atoms with Crippen molar-refractivity contribution >= 4 is 12.4 Å². The van der Waals surface area contributed by atoms with E-state index in [0.717, 1.165) is 18.3 Å². The molecule has 0 unspecified atom stereocenters. The molecule has 0 fully saturated rings. The number of hydrogen-bond acceptors (Lipinski definition) is 3. The average molecular weight is 239 g/mol. The molecule has 0 bridgehead atoms. The van der Waals surface area contributed by atoms with Crippen molar-refractivity contribution < 1.29 is 14.3 Å². The van der Waals surface area contributed by atoms with Crippen molar-refractivity contribution in [1.29, 1.82) is 0 Å². The van der Waals surface area contributed by atoms with E-state index in [-0.39, 0.29) is 5.92 Å². The number of amides is 1. The predicted octanol–water partition coefficient (Wildman–Crippen LogP) is 2.74. The maximum atomic E-state index is 11.9. The van der Waals surface area contributed by atoms with Gasteiger partial charge in [0.2, 0.25) is 0 Å². The van der Waals surface area contributed by atoms with Gasteiger partial charge in [0.1, 0.15) is 5.60 Å². The van der Waals surface area contributed by atoms with Crippen LogP contribution in [0.15, 0.2) is 11.3 Å². The zero-order valence-electron chi connectivity index (χ0n) is 11.2. The first-order valence-electron chi connectivity index (χ1n) is 5.95. The molecule has 1 aliphatic heterocycles. The van der Waals surface area contributed by atoms with Crippen molar-refractivity contribution in [2.75, 3.05) is 6.54 Å². The van der Waals surface area contributed by atoms with E-state index < -0.39 is 11.7 Å². The van der Waals surface area contributed by atoms with Crippen molar-refractivity contribution in [3.8, 4) is 0 Å². The first-order chi connectivity index (χ1) is 7.76. The number of carbonyl (C=O) groups excluding carboxylic acids is 2. The first-order valence-corrected chi connectivity index (χ1v) is 5.95. The van der Waals surface area contributed by atoms with Gasteiger partial charge in [0.25, 0.3) is 0 Å². The van der Waals surface area contributed by atoms with Gasteiger partial charge >= 0.3 is 6.09 Å². The summed E-state index contributed by atoms with van der Waals surface area (Å²) in [4.78, 5) is 24.4. The molecule has 0 saturated carbocycles. The van der Waals surface area contributed by atoms with E-state index in [9.17, 15) is 9.59 Å². The molecule has 0 atom stereocenters. The van der Waals surface area contributed by atoms with Crippen LogP contribution in [0.3, 0.4) is 0 Å². The van der Waals surface area contributed by atoms with Gasteiger partial charge in [0, 0.05) is 6.54 Å². The van der Waals surface area contributed by atoms with Crippen molar-refractivity contribution in [1.82, 2.24) is 4.90 Å². The Morgan fingerprint density at radius 1 is 1.41 bits per heavy atom. The molecule has 4 nitrogen and oxygen atoms in total. The van der Waals surface area contributed by atoms with Gasteiger partial charge in [-0.25, -0.2) is 4.79 Å². The maximum Gasteiger partial charge on any atom is 0.414 e. The molecule has 0 saturated heterocycles. The van der Waals surface area contributed by atoms with E-state index in [1.54, 1.807) is 0 Å². The molecule has 0 aromatic carbocycles. The van der Waals surface area contributed by atoms with Crippen LogP contribution in [-0.4, -0.2) is 29.4 Å². The Balaban J connectivity index is 2.87. The molecule has 0 aromatic heterocycles. The predicted molar refractivity (Wildman–Crippen MR) is 65.5 cm³/mol. The summed E-state index contributed by atoms with van der Waals surface area (Å²) in [5, 5.41) is 0. The Kier molecular flexibility index (Phi) is 3.96. The highest BCUT2D eigenvalue weighted by molar-refractivity contribution is 5.84. The minimum atomic E-state index is -0.536. The number of allylic oxidation sites excluding steroid dienone is 1. The van der Waals surface area contributed by atoms with Crippen molar-refractivity contribution in [3.05, 3.63) is 11.3 Å². The zero-order valence-corrected chi connectivity index (χ0v) is 11.2. The normalized spacial score (nSPS) is 16.7. The molecule has 0 spiro atoms. The minimum Gasteiger partial charge on any atom is -0.443 e. The standard InChI is InChI=1S/C13H21NO3/c1-9(2)10-6-7-14(11(10)8-15)12(16)17-13(3,4)5/h8-9H,6-7H2,1-5H3. The summed E-state index contributed by atoms with van der Waals surface area (Å²) in [7, 11) is 0. The number of rotatable bonds is 2. The van der Waals surface area contributed by atoms with Crippen LogP contribution in [0.1, 0.15) is 41.0 Å². The fourth-order valence-electron chi connectivity index (χ4n) is 1.88. The van der Waals surface area contributed by atoms with Gasteiger partial charge in [0.15, 0.2) is 6.29 Å². The number of nitrogens with zero attached hydrogens (tertiary/aromatic N) is 1. The molecule has 1 aliphatic rings. The van der Waals surface area contributed by atoms with Crippen LogP contribution >= 0.6 is 0 Å². The van der Waals surface area contributed by atoms with Crippen LogP contribution in [-0.2, 0) is 9.53 Å². The molecule has 1 rings (SSSR count). The largest absolute Gasteiger partial charge is 0.443 e. The second-order valence-electron chi connectivity index (χ2n) is 5.57. The Labute approximate surface area is 103 Å². The Morgan fingerprint density at radius 2 is 2.00 bits per heavy atom. The quantitative estimate of drug-likeness (QED) is 0.696. The Bertz CT molecular complexity index is 350. The second kappa shape index (κ2) is 4.90. The molecular formula is C13H21NO3. The Hall–Kier alpha value is -1.32. The summed E-state index contributed by atoms with van der Waals surface area (Å²) in [6.07, 6.45) is 1.08. The van der Waals surface area contributed by atoms with Crippen LogP contribution in [0.5, 0.6) is 0 Å². The van der Waals surface area contributed by atoms with Crippen LogP contribution in [0, 0.1) is 5.92 Å². The van der Waals surface area contributed by atoms with Gasteiger partial charge in [-0.15, -0.1) is 0 Å². The highest BCUT2D eigenvalue weighted by Gasteiger charge is 2.31. The van der Waals surface area contributed by atoms with Crippen LogP contribution in [0.2, 0.25) is 0 Å². The Morgan fingerprint density at radius 3 is 2.41 bits per heavy atom. The number of hydrogen-bond donors (Lipinski definition) is 0. The van der Waals surface area contributed by atoms with Gasteiger partial charge in [-0.1, -0.05) is 13.8 Å². The lowest BCUT2D eigenvalue weighted by Crippen LogP contribution is -2.35. The summed E-state index contributed by atoms with van der Waals surface area (Å²) in [5.74, 6) is 0.280. The van der Waals surface area contributed by atoms with Gasteiger partial charge in [-0.2, -0.15) is 0 Å². The summed E-state index contributed by atoms with van der Waals surface area (Å²) < 4.78 is 5.28. The molecule has 0 aromatic rings. The molecule has 17 heavy (non-hydrogen) atoms. The summed E-state index contributed by atoms with van der Waals surface area (Å²) in [5.41, 5.74) is 0.978. The molecule has 0 aliphatic carbocycles. The van der Waals surface area contributed by atoms with Crippen LogP contribution < -0.4 is 0 Å². The average Bonchev–Trinajstić information content (AvgIpc) is 2.57. The van der Waals surface area contributed by atoms with Crippen molar-refractivity contribution in [3.63, 3.8) is 0 Å². The topological polar surface area (TPSA) is 46.6 Å². The third-order valence-corrected chi connectivity index (χ3v) is 2.65. The summed E-state index contributed by atoms with van der Waals surface area (Å²) >= 11 is 0. The van der Waals surface area contributed by atoms with E-state index >= 15 is 0 Å². The highest BCUT2D eigenvalue weighted by atomic mass is 16.6. The lowest BCUT2D eigenvalue weighted by molar-refractivity contribution is -0.106. The smallest absolute Gasteiger partial charge is 0.414 e. The number of carbonyl (C=O) groups is 2. The van der Waals surface area contributed by atoms with E-state index in [0.29, 0.717) is 12.2 Å². The van der Waals surface area contributed by atoms with E-state index in [1.807, 2.05) is 34.6 Å². The van der Waals surface area contributed by atoms with Crippen LogP contribution in [0.4, 0.5) is 4.79 Å². The summed E-state index contributed by atoms with van der Waals surface area (Å²) in [6.45, 7) is 10.0. The molecule has 96 valence electrons. The molecule has 0 radical (unpaired) electrons. The third kappa shape index (κ3) is 3.32. The maximum absolute atomic E-state index is 11.9. The second-order valence-corrected chi connectivity index (χ2v) is 5.57. The fourth-order valence-corrected chi connectivity index (χ4v) is 1.88. The lowest BCUT2D eigenvalue weighted by atomic mass is 10.0. The van der Waals surface area contributed by atoms with Gasteiger partial charge < -0.3 is 4.74 Å². The number of aldehydes is 1. The summed E-state index contributed by atoms with van der Waals surface area (Å²) in [6, 6.07) is 0. The third-order valence-electron chi connectivity index (χ3n) is 2.65. The van der Waals surface area contributed by atoms with Crippen molar-refractivity contribution in [2.24, 2.45) is 5.92 Å². The van der Waals surface area contributed by atoms with Gasteiger partial charge in [-0.05, 0) is 38.7 Å². The molecule has 1 amide bonds. The molecule has 1 heterocycles. The van der Waals surface area contributed by atoms with Gasteiger partial charge in [-0.3, -0.25) is 9.69 Å². The van der Waals surface area contributed by atoms with Crippen LogP contribution in [0.25, 0.3) is 0 Å².